The van der Waals surface area contributed by atoms with Gasteiger partial charge in [-0.15, -0.1) is 0 Å². The number of anilines is 1. The number of hydrogen-bond donors (Lipinski definition) is 3. The van der Waals surface area contributed by atoms with Gasteiger partial charge in [0.2, 0.25) is 0 Å². The molecule has 41 heavy (non-hydrogen) atoms. The third kappa shape index (κ3) is 10.1. The second kappa shape index (κ2) is 13.9. The van der Waals surface area contributed by atoms with E-state index in [1.165, 1.54) is 12.1 Å². The first-order chi connectivity index (χ1) is 19.3. The number of carboxylic acid groups (broad SMARTS) is 1. The van der Waals surface area contributed by atoms with E-state index in [4.69, 9.17) is 9.84 Å². The minimum absolute atomic E-state index is 0.133. The Balaban J connectivity index is 0.000000850. The standard InChI is InChI=1S/C29H33FN2O4.C4H10O/c1-29(2)12-14-32(15-13-29)28-22(17-26(34)35)18-31-25(19-33)27(28)21-5-9-24(10-6-21)36-16-11-20-3-7-23(30)8-4-20;1-4(2,3)5/h3-10,18,33H,11-17,19H2,1-2H3,(H,34,35);5H,1-3H3. The number of rotatable bonds is 9. The Morgan fingerprint density at radius 2 is 1.63 bits per heavy atom. The zero-order valence-electron chi connectivity index (χ0n) is 24.8. The highest BCUT2D eigenvalue weighted by Gasteiger charge is 2.29. The third-order valence-electron chi connectivity index (χ3n) is 6.85. The Morgan fingerprint density at radius 1 is 1.05 bits per heavy atom. The molecule has 2 heterocycles. The maximum Gasteiger partial charge on any atom is 0.307 e. The summed E-state index contributed by atoms with van der Waals surface area (Å²) in [4.78, 5) is 18.3. The molecule has 0 unspecified atom stereocenters. The van der Waals surface area contributed by atoms with E-state index in [1.807, 2.05) is 24.3 Å². The van der Waals surface area contributed by atoms with Crippen molar-refractivity contribution < 1.29 is 29.2 Å². The molecule has 2 aromatic carbocycles. The molecule has 0 atom stereocenters. The fourth-order valence-electron chi connectivity index (χ4n) is 4.65. The van der Waals surface area contributed by atoms with Gasteiger partial charge in [0.1, 0.15) is 11.6 Å². The molecule has 0 spiro atoms. The van der Waals surface area contributed by atoms with Crippen molar-refractivity contribution in [1.82, 2.24) is 4.98 Å². The molecule has 0 saturated carbocycles. The number of ether oxygens (including phenoxy) is 1. The number of nitrogens with zero attached hydrogens (tertiary/aromatic N) is 2. The third-order valence-corrected chi connectivity index (χ3v) is 6.85. The van der Waals surface area contributed by atoms with Crippen LogP contribution in [0.3, 0.4) is 0 Å². The van der Waals surface area contributed by atoms with Crippen LogP contribution < -0.4 is 9.64 Å². The van der Waals surface area contributed by atoms with Crippen molar-refractivity contribution in [2.75, 3.05) is 24.6 Å². The monoisotopic (exact) mass is 566 g/mol. The molecule has 4 rings (SSSR count). The quantitative estimate of drug-likeness (QED) is 0.291. The Hall–Kier alpha value is -3.49. The Kier molecular flexibility index (Phi) is 10.9. The SMILES string of the molecule is CC(C)(C)O.CC1(C)CCN(c2c(CC(=O)O)cnc(CO)c2-c2ccc(OCCc3ccc(F)cc3)cc2)CC1. The molecule has 8 heteroatoms. The fraction of sp³-hybridized carbons (Fsp3) is 0.455. The molecule has 1 fully saturated rings. The number of pyridine rings is 1. The number of carbonyl (C=O) groups is 1. The van der Waals surface area contributed by atoms with Crippen molar-refractivity contribution in [3.8, 4) is 16.9 Å². The van der Waals surface area contributed by atoms with Gasteiger partial charge in [-0.25, -0.2) is 4.39 Å². The summed E-state index contributed by atoms with van der Waals surface area (Å²) in [6.07, 6.45) is 4.11. The van der Waals surface area contributed by atoms with Crippen LogP contribution in [0.25, 0.3) is 11.1 Å². The number of aliphatic carboxylic acids is 1. The predicted molar refractivity (Wildman–Crippen MR) is 160 cm³/mol. The number of aliphatic hydroxyl groups excluding tert-OH is 1. The highest BCUT2D eigenvalue weighted by Crippen LogP contribution is 2.41. The van der Waals surface area contributed by atoms with Crippen molar-refractivity contribution in [3.63, 3.8) is 0 Å². The molecule has 222 valence electrons. The Bertz CT molecular complexity index is 1270. The number of aromatic nitrogens is 1. The van der Waals surface area contributed by atoms with Crippen LogP contribution in [0.4, 0.5) is 10.1 Å². The fourth-order valence-corrected chi connectivity index (χ4v) is 4.65. The summed E-state index contributed by atoms with van der Waals surface area (Å²) in [7, 11) is 0. The minimum Gasteiger partial charge on any atom is -0.493 e. The average Bonchev–Trinajstić information content (AvgIpc) is 2.89. The van der Waals surface area contributed by atoms with Gasteiger partial charge in [0.05, 0.1) is 36.6 Å². The number of benzene rings is 2. The highest BCUT2D eigenvalue weighted by atomic mass is 19.1. The summed E-state index contributed by atoms with van der Waals surface area (Å²) in [6.45, 7) is 11.6. The van der Waals surface area contributed by atoms with E-state index >= 15 is 0 Å². The van der Waals surface area contributed by atoms with Gasteiger partial charge in [0.15, 0.2) is 0 Å². The molecule has 3 aromatic rings. The smallest absolute Gasteiger partial charge is 0.307 e. The number of carboxylic acids is 1. The van der Waals surface area contributed by atoms with Crippen molar-refractivity contribution in [2.45, 2.75) is 72.5 Å². The van der Waals surface area contributed by atoms with Crippen LogP contribution in [0.1, 0.15) is 64.3 Å². The number of aliphatic hydroxyl groups is 2. The lowest BCUT2D eigenvalue weighted by atomic mass is 9.82. The van der Waals surface area contributed by atoms with Crippen LogP contribution in [0.5, 0.6) is 5.75 Å². The largest absolute Gasteiger partial charge is 0.493 e. The maximum absolute atomic E-state index is 13.1. The van der Waals surface area contributed by atoms with Crippen LogP contribution in [-0.4, -0.2) is 51.6 Å². The highest BCUT2D eigenvalue weighted by molar-refractivity contribution is 5.85. The van der Waals surface area contributed by atoms with E-state index in [0.717, 1.165) is 48.3 Å². The van der Waals surface area contributed by atoms with Crippen molar-refractivity contribution in [3.05, 3.63) is 77.4 Å². The molecule has 7 nitrogen and oxygen atoms in total. The van der Waals surface area contributed by atoms with E-state index < -0.39 is 11.6 Å². The lowest BCUT2D eigenvalue weighted by Crippen LogP contribution is -2.38. The molecular weight excluding hydrogens is 523 g/mol. The lowest BCUT2D eigenvalue weighted by Gasteiger charge is -2.40. The zero-order chi connectivity index (χ0) is 30.2. The molecule has 0 amide bonds. The van der Waals surface area contributed by atoms with Gasteiger partial charge >= 0.3 is 5.97 Å². The van der Waals surface area contributed by atoms with Crippen molar-refractivity contribution in [2.24, 2.45) is 5.41 Å². The summed E-state index contributed by atoms with van der Waals surface area (Å²) in [5.41, 5.74) is 4.37. The van der Waals surface area contributed by atoms with Crippen LogP contribution in [-0.2, 0) is 24.2 Å². The van der Waals surface area contributed by atoms with Crippen molar-refractivity contribution in [1.29, 1.82) is 0 Å². The zero-order valence-corrected chi connectivity index (χ0v) is 24.8. The van der Waals surface area contributed by atoms with E-state index in [2.05, 4.69) is 23.7 Å². The first kappa shape index (κ1) is 32.0. The summed E-state index contributed by atoms with van der Waals surface area (Å²) >= 11 is 0. The molecule has 1 aromatic heterocycles. The molecule has 0 bridgehead atoms. The summed E-state index contributed by atoms with van der Waals surface area (Å²) in [5.74, 6) is -0.475. The van der Waals surface area contributed by atoms with E-state index in [9.17, 15) is 19.4 Å². The summed E-state index contributed by atoms with van der Waals surface area (Å²) < 4.78 is 19.0. The van der Waals surface area contributed by atoms with Gasteiger partial charge in [-0.2, -0.15) is 0 Å². The summed E-state index contributed by atoms with van der Waals surface area (Å²) in [6, 6.07) is 14.0. The lowest BCUT2D eigenvalue weighted by molar-refractivity contribution is -0.136. The minimum atomic E-state index is -0.914. The molecule has 0 aliphatic carbocycles. The number of halogens is 1. The van der Waals surface area contributed by atoms with Crippen LogP contribution >= 0.6 is 0 Å². The topological polar surface area (TPSA) is 103 Å². The molecule has 1 aliphatic heterocycles. The van der Waals surface area contributed by atoms with Gasteiger partial charge in [0.25, 0.3) is 0 Å². The maximum atomic E-state index is 13.1. The summed E-state index contributed by atoms with van der Waals surface area (Å²) in [5, 5.41) is 28.2. The van der Waals surface area contributed by atoms with Gasteiger partial charge in [-0.3, -0.25) is 9.78 Å². The average molecular weight is 567 g/mol. The van der Waals surface area contributed by atoms with E-state index in [1.54, 1.807) is 39.1 Å². The van der Waals surface area contributed by atoms with Crippen LogP contribution in [0, 0.1) is 11.2 Å². The van der Waals surface area contributed by atoms with Gasteiger partial charge in [-0.05, 0) is 74.4 Å². The van der Waals surface area contributed by atoms with Crippen LogP contribution in [0.2, 0.25) is 0 Å². The molecule has 1 saturated heterocycles. The van der Waals surface area contributed by atoms with Gasteiger partial charge in [-0.1, -0.05) is 38.1 Å². The Morgan fingerprint density at radius 3 is 2.17 bits per heavy atom. The molecule has 1 aliphatic rings. The second-order valence-corrected chi connectivity index (χ2v) is 12.3. The molecule has 0 radical (unpaired) electrons. The van der Waals surface area contributed by atoms with E-state index in [-0.39, 0.29) is 24.3 Å². The Labute approximate surface area is 242 Å². The number of piperidine rings is 1. The second-order valence-electron chi connectivity index (χ2n) is 12.3. The molecule has 3 N–H and O–H groups in total. The van der Waals surface area contributed by atoms with Gasteiger partial charge in [0, 0.05) is 36.8 Å². The van der Waals surface area contributed by atoms with E-state index in [0.29, 0.717) is 30.0 Å². The van der Waals surface area contributed by atoms with Gasteiger partial charge < -0.3 is 25.0 Å². The molecular formula is C33H43FN2O5. The first-order valence-electron chi connectivity index (χ1n) is 14.0. The van der Waals surface area contributed by atoms with Crippen LogP contribution in [0.15, 0.2) is 54.7 Å². The predicted octanol–water partition coefficient (Wildman–Crippen LogP) is 6.03. The number of hydrogen-bond acceptors (Lipinski definition) is 6. The normalized spacial score (nSPS) is 14.7. The van der Waals surface area contributed by atoms with Crippen molar-refractivity contribution >= 4 is 11.7 Å². The first-order valence-corrected chi connectivity index (χ1v) is 14.0.